The number of anilines is 2. The average Bonchev–Trinajstić information content (AvgIpc) is 3.04. The van der Waals surface area contributed by atoms with Crippen LogP contribution in [0.4, 0.5) is 11.6 Å². The fourth-order valence-electron chi connectivity index (χ4n) is 2.59. The Morgan fingerprint density at radius 2 is 1.95 bits per heavy atom. The van der Waals surface area contributed by atoms with Gasteiger partial charge in [0.1, 0.15) is 0 Å². The fourth-order valence-corrected chi connectivity index (χ4v) is 2.89. The maximum atomic E-state index is 6.02. The molecule has 0 radical (unpaired) electrons. The molecule has 0 atom stereocenters. The van der Waals surface area contributed by atoms with E-state index >= 15 is 0 Å². The third-order valence-corrected chi connectivity index (χ3v) is 4.30. The predicted molar refractivity (Wildman–Crippen MR) is 79.5 cm³/mol. The fraction of sp³-hybridized carbons (Fsp3) is 0.357. The van der Waals surface area contributed by atoms with Crippen molar-refractivity contribution in [3.05, 3.63) is 40.6 Å². The summed E-state index contributed by atoms with van der Waals surface area (Å²) < 4.78 is 2.22. The van der Waals surface area contributed by atoms with Gasteiger partial charge in [0.05, 0.1) is 10.0 Å². The molecule has 3 rings (SSSR count). The Kier molecular flexibility index (Phi) is 3.67. The van der Waals surface area contributed by atoms with E-state index in [0.29, 0.717) is 16.1 Å². The number of aromatic nitrogens is 2. The van der Waals surface area contributed by atoms with Gasteiger partial charge < -0.3 is 9.88 Å². The summed E-state index contributed by atoms with van der Waals surface area (Å²) in [5, 5.41) is 4.41. The highest BCUT2D eigenvalue weighted by atomic mass is 35.5. The summed E-state index contributed by atoms with van der Waals surface area (Å²) in [6.45, 7) is 0. The molecule has 1 saturated carbocycles. The predicted octanol–water partition coefficient (Wildman–Crippen LogP) is 5.05. The molecule has 1 N–H and O–H groups in total. The van der Waals surface area contributed by atoms with Gasteiger partial charge in [0.2, 0.25) is 5.95 Å². The van der Waals surface area contributed by atoms with Gasteiger partial charge in [-0.2, -0.15) is 0 Å². The zero-order valence-corrected chi connectivity index (χ0v) is 12.0. The molecule has 1 aromatic heterocycles. The van der Waals surface area contributed by atoms with Crippen molar-refractivity contribution in [1.82, 2.24) is 9.55 Å². The monoisotopic (exact) mass is 295 g/mol. The Morgan fingerprint density at radius 1 is 1.16 bits per heavy atom. The topological polar surface area (TPSA) is 29.9 Å². The van der Waals surface area contributed by atoms with Gasteiger partial charge in [-0.25, -0.2) is 4.98 Å². The summed E-state index contributed by atoms with van der Waals surface area (Å²) in [7, 11) is 0. The van der Waals surface area contributed by atoms with Crippen LogP contribution in [0.5, 0.6) is 0 Å². The number of imidazole rings is 1. The summed E-state index contributed by atoms with van der Waals surface area (Å²) in [6.07, 6.45) is 8.93. The summed E-state index contributed by atoms with van der Waals surface area (Å²) in [6, 6.07) is 6.07. The van der Waals surface area contributed by atoms with Gasteiger partial charge in [0.15, 0.2) is 0 Å². The van der Waals surface area contributed by atoms with Crippen molar-refractivity contribution in [2.24, 2.45) is 0 Å². The Labute approximate surface area is 122 Å². The van der Waals surface area contributed by atoms with Crippen molar-refractivity contribution < 1.29 is 0 Å². The molecule has 1 fully saturated rings. The number of hydrogen-bond acceptors (Lipinski definition) is 2. The molecule has 1 aromatic carbocycles. The van der Waals surface area contributed by atoms with Crippen LogP contribution in [0.3, 0.4) is 0 Å². The Hall–Kier alpha value is -1.19. The number of rotatable bonds is 3. The molecule has 0 amide bonds. The van der Waals surface area contributed by atoms with Gasteiger partial charge >= 0.3 is 0 Å². The van der Waals surface area contributed by atoms with Crippen molar-refractivity contribution in [3.63, 3.8) is 0 Å². The van der Waals surface area contributed by atoms with Gasteiger partial charge in [0, 0.05) is 24.1 Å². The van der Waals surface area contributed by atoms with E-state index in [1.807, 2.05) is 24.5 Å². The second-order valence-corrected chi connectivity index (χ2v) is 5.66. The molecule has 19 heavy (non-hydrogen) atoms. The molecule has 3 nitrogen and oxygen atoms in total. The molecule has 0 spiro atoms. The van der Waals surface area contributed by atoms with Gasteiger partial charge in [-0.05, 0) is 31.0 Å². The van der Waals surface area contributed by atoms with E-state index in [4.69, 9.17) is 23.2 Å². The highest BCUT2D eigenvalue weighted by molar-refractivity contribution is 6.42. The van der Waals surface area contributed by atoms with Gasteiger partial charge in [0.25, 0.3) is 0 Å². The first-order chi connectivity index (χ1) is 9.24. The molecular weight excluding hydrogens is 281 g/mol. The van der Waals surface area contributed by atoms with Gasteiger partial charge in [-0.15, -0.1) is 0 Å². The molecule has 5 heteroatoms. The summed E-state index contributed by atoms with van der Waals surface area (Å²) in [4.78, 5) is 4.38. The van der Waals surface area contributed by atoms with E-state index < -0.39 is 0 Å². The van der Waals surface area contributed by atoms with Crippen LogP contribution in [0, 0.1) is 0 Å². The zero-order valence-electron chi connectivity index (χ0n) is 10.4. The molecule has 100 valence electrons. The van der Waals surface area contributed by atoms with Crippen LogP contribution in [0.2, 0.25) is 10.0 Å². The lowest BCUT2D eigenvalue weighted by atomic mass is 10.2. The Bertz CT molecular complexity index is 574. The molecule has 1 aliphatic rings. The van der Waals surface area contributed by atoms with E-state index in [-0.39, 0.29) is 0 Å². The van der Waals surface area contributed by atoms with Crippen molar-refractivity contribution in [3.8, 4) is 0 Å². The molecule has 1 aliphatic carbocycles. The van der Waals surface area contributed by atoms with E-state index in [2.05, 4.69) is 14.9 Å². The van der Waals surface area contributed by atoms with E-state index in [9.17, 15) is 0 Å². The number of nitrogens with one attached hydrogen (secondary N) is 1. The van der Waals surface area contributed by atoms with E-state index in [0.717, 1.165) is 11.6 Å². The first kappa shape index (κ1) is 12.8. The Morgan fingerprint density at radius 3 is 2.68 bits per heavy atom. The van der Waals surface area contributed by atoms with Gasteiger partial charge in [-0.1, -0.05) is 36.0 Å². The van der Waals surface area contributed by atoms with Crippen molar-refractivity contribution in [2.75, 3.05) is 5.32 Å². The number of benzene rings is 1. The minimum atomic E-state index is 0.547. The maximum Gasteiger partial charge on any atom is 0.207 e. The Balaban J connectivity index is 1.83. The van der Waals surface area contributed by atoms with E-state index in [1.54, 1.807) is 6.07 Å². The molecular formula is C14H15Cl2N3. The summed E-state index contributed by atoms with van der Waals surface area (Å²) in [5.74, 6) is 0.866. The molecule has 1 heterocycles. The minimum absolute atomic E-state index is 0.547. The number of nitrogens with zero attached hydrogens (tertiary/aromatic N) is 2. The molecule has 0 bridgehead atoms. The lowest BCUT2D eigenvalue weighted by Gasteiger charge is -2.15. The minimum Gasteiger partial charge on any atom is -0.326 e. The highest BCUT2D eigenvalue weighted by Gasteiger charge is 2.19. The van der Waals surface area contributed by atoms with Crippen LogP contribution < -0.4 is 5.32 Å². The molecule has 0 saturated heterocycles. The lowest BCUT2D eigenvalue weighted by Crippen LogP contribution is -2.07. The molecule has 2 aromatic rings. The number of halogens is 2. The van der Waals surface area contributed by atoms with Crippen LogP contribution in [0.15, 0.2) is 30.6 Å². The third-order valence-electron chi connectivity index (χ3n) is 3.56. The largest absolute Gasteiger partial charge is 0.326 e. The maximum absolute atomic E-state index is 6.02. The summed E-state index contributed by atoms with van der Waals surface area (Å²) >= 11 is 11.9. The third kappa shape index (κ3) is 2.72. The van der Waals surface area contributed by atoms with Crippen molar-refractivity contribution >= 4 is 34.8 Å². The van der Waals surface area contributed by atoms with Crippen LogP contribution in [0.25, 0.3) is 0 Å². The standard InChI is InChI=1S/C14H15Cl2N3/c15-12-6-5-10(9-13(12)16)18-14-17-7-8-19(14)11-3-1-2-4-11/h5-9,11H,1-4H2,(H,17,18). The molecule has 0 unspecified atom stereocenters. The SMILES string of the molecule is Clc1ccc(Nc2nccn2C2CCCC2)cc1Cl. The van der Waals surface area contributed by atoms with Crippen molar-refractivity contribution in [1.29, 1.82) is 0 Å². The van der Waals surface area contributed by atoms with Crippen LogP contribution in [0.1, 0.15) is 31.7 Å². The summed E-state index contributed by atoms with van der Waals surface area (Å²) in [5.41, 5.74) is 0.903. The normalized spacial score (nSPS) is 15.9. The lowest BCUT2D eigenvalue weighted by molar-refractivity contribution is 0.525. The molecule has 0 aliphatic heterocycles. The smallest absolute Gasteiger partial charge is 0.207 e. The van der Waals surface area contributed by atoms with Crippen LogP contribution in [-0.4, -0.2) is 9.55 Å². The van der Waals surface area contributed by atoms with Crippen LogP contribution in [-0.2, 0) is 0 Å². The second kappa shape index (κ2) is 5.43. The average molecular weight is 296 g/mol. The zero-order chi connectivity index (χ0) is 13.2. The highest BCUT2D eigenvalue weighted by Crippen LogP contribution is 2.33. The first-order valence-electron chi connectivity index (χ1n) is 6.49. The quantitative estimate of drug-likeness (QED) is 0.859. The van der Waals surface area contributed by atoms with Crippen molar-refractivity contribution in [2.45, 2.75) is 31.7 Å². The van der Waals surface area contributed by atoms with E-state index in [1.165, 1.54) is 25.7 Å². The first-order valence-corrected chi connectivity index (χ1v) is 7.24. The number of hydrogen-bond donors (Lipinski definition) is 1. The van der Waals surface area contributed by atoms with Gasteiger partial charge in [-0.3, -0.25) is 0 Å². The second-order valence-electron chi connectivity index (χ2n) is 4.85. The van der Waals surface area contributed by atoms with Crippen LogP contribution >= 0.6 is 23.2 Å².